The lowest BCUT2D eigenvalue weighted by molar-refractivity contribution is -0.142. The zero-order chi connectivity index (χ0) is 25.5. The second-order valence-corrected chi connectivity index (χ2v) is 9.26. The number of anilines is 1. The van der Waals surface area contributed by atoms with Crippen molar-refractivity contribution in [2.24, 2.45) is 0 Å². The van der Waals surface area contributed by atoms with E-state index in [1.54, 1.807) is 4.90 Å². The maximum Gasteiger partial charge on any atom is 0.331 e. The Bertz CT molecular complexity index is 1300. The van der Waals surface area contributed by atoms with Crippen molar-refractivity contribution < 1.29 is 14.3 Å². The van der Waals surface area contributed by atoms with Crippen LogP contribution in [0.4, 0.5) is 10.5 Å². The van der Waals surface area contributed by atoms with E-state index >= 15 is 0 Å². The van der Waals surface area contributed by atoms with Crippen LogP contribution >= 0.6 is 0 Å². The number of nitrogens with zero attached hydrogens (tertiary/aromatic N) is 2. The van der Waals surface area contributed by atoms with Crippen LogP contribution < -0.4 is 4.90 Å². The van der Waals surface area contributed by atoms with E-state index in [0.717, 1.165) is 22.4 Å². The zero-order valence-electron chi connectivity index (χ0n) is 20.6. The van der Waals surface area contributed by atoms with E-state index in [0.29, 0.717) is 19.4 Å². The topological polar surface area (TPSA) is 49.9 Å². The molecule has 4 aromatic carbocycles. The summed E-state index contributed by atoms with van der Waals surface area (Å²) in [6.07, 6.45) is 0.179. The van der Waals surface area contributed by atoms with Crippen LogP contribution in [0.25, 0.3) is 0 Å². The summed E-state index contributed by atoms with van der Waals surface area (Å²) in [5.74, 6) is -0.302. The molecule has 1 saturated heterocycles. The molecule has 1 fully saturated rings. The van der Waals surface area contributed by atoms with Gasteiger partial charge in [-0.2, -0.15) is 0 Å². The molecule has 5 heteroatoms. The molecule has 0 aliphatic carbocycles. The number of benzene rings is 4. The number of para-hydroxylation sites is 1. The Hall–Kier alpha value is -4.22. The quantitative estimate of drug-likeness (QED) is 0.294. The monoisotopic (exact) mass is 490 g/mol. The minimum absolute atomic E-state index is 0.290. The van der Waals surface area contributed by atoms with E-state index in [4.69, 9.17) is 4.74 Å². The number of amides is 3. The Morgan fingerprint density at radius 1 is 0.730 bits per heavy atom. The van der Waals surface area contributed by atoms with Crippen LogP contribution in [-0.2, 0) is 29.0 Å². The molecule has 5 rings (SSSR count). The number of hydrogen-bond acceptors (Lipinski definition) is 3. The number of carbonyl (C=O) groups is 2. The first kappa shape index (κ1) is 24.5. The molecular weight excluding hydrogens is 460 g/mol. The minimum Gasteiger partial charge on any atom is -0.363 e. The summed E-state index contributed by atoms with van der Waals surface area (Å²) in [5.41, 5.74) is 3.83. The van der Waals surface area contributed by atoms with Gasteiger partial charge >= 0.3 is 6.03 Å². The first-order chi connectivity index (χ1) is 18.2. The first-order valence-electron chi connectivity index (χ1n) is 12.6. The molecule has 4 aromatic rings. The molecule has 0 bridgehead atoms. The van der Waals surface area contributed by atoms with E-state index in [2.05, 4.69) is 0 Å². The van der Waals surface area contributed by atoms with E-state index in [9.17, 15) is 9.59 Å². The Kier molecular flexibility index (Phi) is 7.72. The lowest BCUT2D eigenvalue weighted by atomic mass is 10.0. The fraction of sp³-hybridized carbons (Fsp3) is 0.188. The van der Waals surface area contributed by atoms with Gasteiger partial charge < -0.3 is 4.74 Å². The number of ether oxygens (including phenoxy) is 1. The summed E-state index contributed by atoms with van der Waals surface area (Å²) < 4.78 is 6.23. The van der Waals surface area contributed by atoms with Crippen molar-refractivity contribution in [3.05, 3.63) is 138 Å². The van der Waals surface area contributed by atoms with Crippen molar-refractivity contribution in [2.45, 2.75) is 31.6 Å². The molecule has 186 valence electrons. The SMILES string of the molecule is O=C([C@@H](Cc1ccccc1)OCc1ccccc1)N1C(=O)N(c2ccccc2)C[C@@H]1Cc1ccccc1. The van der Waals surface area contributed by atoms with Crippen molar-refractivity contribution >= 4 is 17.6 Å². The molecule has 1 aliphatic rings. The Morgan fingerprint density at radius 3 is 1.84 bits per heavy atom. The third kappa shape index (κ3) is 5.96. The van der Waals surface area contributed by atoms with Crippen LogP contribution in [0.5, 0.6) is 0 Å². The number of hydrogen-bond donors (Lipinski definition) is 0. The summed E-state index contributed by atoms with van der Waals surface area (Å²) in [4.78, 5) is 31.0. The summed E-state index contributed by atoms with van der Waals surface area (Å²) in [6.45, 7) is 0.720. The van der Waals surface area contributed by atoms with E-state index < -0.39 is 6.10 Å². The first-order valence-corrected chi connectivity index (χ1v) is 12.6. The molecule has 0 spiro atoms. The third-order valence-corrected chi connectivity index (χ3v) is 6.65. The molecule has 37 heavy (non-hydrogen) atoms. The molecule has 3 amide bonds. The van der Waals surface area contributed by atoms with Crippen LogP contribution in [0.2, 0.25) is 0 Å². The van der Waals surface area contributed by atoms with Gasteiger partial charge in [0.2, 0.25) is 0 Å². The molecule has 0 unspecified atom stereocenters. The van der Waals surface area contributed by atoms with Gasteiger partial charge in [-0.15, -0.1) is 0 Å². The average molecular weight is 491 g/mol. The molecule has 1 heterocycles. The molecule has 2 atom stereocenters. The van der Waals surface area contributed by atoms with E-state index in [-0.39, 0.29) is 24.6 Å². The molecule has 0 radical (unpaired) electrons. The van der Waals surface area contributed by atoms with E-state index in [1.165, 1.54) is 4.90 Å². The lowest BCUT2D eigenvalue weighted by Crippen LogP contribution is -2.48. The summed E-state index contributed by atoms with van der Waals surface area (Å²) >= 11 is 0. The summed E-state index contributed by atoms with van der Waals surface area (Å²) in [5, 5.41) is 0. The number of urea groups is 1. The van der Waals surface area contributed by atoms with Crippen LogP contribution in [0.3, 0.4) is 0 Å². The average Bonchev–Trinajstić information content (AvgIpc) is 3.28. The van der Waals surface area contributed by atoms with Gasteiger partial charge in [-0.3, -0.25) is 14.6 Å². The van der Waals surface area contributed by atoms with Gasteiger partial charge in [0.1, 0.15) is 6.10 Å². The highest BCUT2D eigenvalue weighted by atomic mass is 16.5. The third-order valence-electron chi connectivity index (χ3n) is 6.65. The van der Waals surface area contributed by atoms with Crippen LogP contribution in [-0.4, -0.2) is 35.5 Å². The molecule has 0 N–H and O–H groups in total. The Morgan fingerprint density at radius 2 is 1.24 bits per heavy atom. The number of imide groups is 1. The maximum absolute atomic E-state index is 14.1. The zero-order valence-corrected chi connectivity index (χ0v) is 20.6. The van der Waals surface area contributed by atoms with Gasteiger partial charge in [0, 0.05) is 18.7 Å². The smallest absolute Gasteiger partial charge is 0.331 e. The Labute approximate surface area is 217 Å². The van der Waals surface area contributed by atoms with Gasteiger partial charge in [-0.05, 0) is 35.2 Å². The normalized spacial score (nSPS) is 16.1. The van der Waals surface area contributed by atoms with Crippen molar-refractivity contribution in [1.82, 2.24) is 4.90 Å². The molecule has 5 nitrogen and oxygen atoms in total. The van der Waals surface area contributed by atoms with Crippen molar-refractivity contribution in [3.63, 3.8) is 0 Å². The summed E-state index contributed by atoms with van der Waals surface area (Å²) in [7, 11) is 0. The Balaban J connectivity index is 1.44. The lowest BCUT2D eigenvalue weighted by Gasteiger charge is -2.27. The predicted molar refractivity (Wildman–Crippen MR) is 145 cm³/mol. The fourth-order valence-electron chi connectivity index (χ4n) is 4.77. The second-order valence-electron chi connectivity index (χ2n) is 9.26. The standard InChI is InChI=1S/C32H30N2O3/c35-31(30(22-26-15-7-2-8-16-26)37-24-27-17-9-3-10-18-27)34-29(21-25-13-5-1-6-14-25)23-33(32(34)36)28-19-11-4-12-20-28/h1-20,29-30H,21-24H2/t29-,30+/m0/s1. The number of rotatable bonds is 9. The highest BCUT2D eigenvalue weighted by molar-refractivity contribution is 6.06. The molecule has 1 aliphatic heterocycles. The van der Waals surface area contributed by atoms with E-state index in [1.807, 2.05) is 121 Å². The van der Waals surface area contributed by atoms with Crippen molar-refractivity contribution in [1.29, 1.82) is 0 Å². The second kappa shape index (κ2) is 11.7. The van der Waals surface area contributed by atoms with Gasteiger partial charge in [-0.25, -0.2) is 4.79 Å². The van der Waals surface area contributed by atoms with Gasteiger partial charge in [0.15, 0.2) is 0 Å². The number of carbonyl (C=O) groups excluding carboxylic acids is 2. The molecular formula is C32H30N2O3. The largest absolute Gasteiger partial charge is 0.363 e. The fourth-order valence-corrected chi connectivity index (χ4v) is 4.77. The molecule has 0 aromatic heterocycles. The van der Waals surface area contributed by atoms with Gasteiger partial charge in [-0.1, -0.05) is 109 Å². The van der Waals surface area contributed by atoms with Crippen LogP contribution in [0.15, 0.2) is 121 Å². The minimum atomic E-state index is -0.791. The highest BCUT2D eigenvalue weighted by Crippen LogP contribution is 2.27. The summed E-state index contributed by atoms with van der Waals surface area (Å²) in [6, 6.07) is 38.5. The van der Waals surface area contributed by atoms with Gasteiger partial charge in [0.25, 0.3) is 5.91 Å². The highest BCUT2D eigenvalue weighted by Gasteiger charge is 2.44. The molecule has 0 saturated carbocycles. The van der Waals surface area contributed by atoms with Crippen molar-refractivity contribution in [3.8, 4) is 0 Å². The van der Waals surface area contributed by atoms with Crippen molar-refractivity contribution in [2.75, 3.05) is 11.4 Å². The van der Waals surface area contributed by atoms with Gasteiger partial charge in [0.05, 0.1) is 12.6 Å². The van der Waals surface area contributed by atoms with Crippen LogP contribution in [0, 0.1) is 0 Å². The van der Waals surface area contributed by atoms with Crippen LogP contribution in [0.1, 0.15) is 16.7 Å². The predicted octanol–water partition coefficient (Wildman–Crippen LogP) is 5.89. The maximum atomic E-state index is 14.1.